The van der Waals surface area contributed by atoms with E-state index < -0.39 is 0 Å². The van der Waals surface area contributed by atoms with Crippen molar-refractivity contribution in [2.75, 3.05) is 36.0 Å². The first-order chi connectivity index (χ1) is 15.3. The summed E-state index contributed by atoms with van der Waals surface area (Å²) in [6.45, 7) is 6.34. The van der Waals surface area contributed by atoms with Crippen LogP contribution in [0.4, 0.5) is 11.6 Å². The number of anilines is 2. The molecule has 2 aliphatic rings. The topological polar surface area (TPSA) is 54.4 Å². The molecule has 4 heterocycles. The molecule has 31 heavy (non-hydrogen) atoms. The highest BCUT2D eigenvalue weighted by Crippen LogP contribution is 2.33. The fourth-order valence-electron chi connectivity index (χ4n) is 4.54. The van der Waals surface area contributed by atoms with E-state index in [-0.39, 0.29) is 6.10 Å². The van der Waals surface area contributed by atoms with E-state index in [0.29, 0.717) is 0 Å². The molecule has 5 rings (SSSR count). The average Bonchev–Trinajstić information content (AvgIpc) is 3.22. The largest absolute Gasteiger partial charge is 0.467 e. The van der Waals surface area contributed by atoms with E-state index in [1.165, 1.54) is 35.2 Å². The van der Waals surface area contributed by atoms with Crippen LogP contribution in [0.15, 0.2) is 30.6 Å². The highest BCUT2D eigenvalue weighted by Gasteiger charge is 2.23. The molecule has 1 aromatic carbocycles. The number of nitrogens with zero attached hydrogens (tertiary/aromatic N) is 5. The van der Waals surface area contributed by atoms with Gasteiger partial charge in [0.05, 0.1) is 10.2 Å². The molecule has 6 nitrogen and oxygen atoms in total. The van der Waals surface area contributed by atoms with Gasteiger partial charge in [-0.2, -0.15) is 0 Å². The number of aromatic nitrogens is 3. The van der Waals surface area contributed by atoms with E-state index in [4.69, 9.17) is 9.72 Å². The van der Waals surface area contributed by atoms with Crippen molar-refractivity contribution in [3.8, 4) is 5.19 Å². The number of hydrogen-bond acceptors (Lipinski definition) is 7. The summed E-state index contributed by atoms with van der Waals surface area (Å²) in [7, 11) is 0. The van der Waals surface area contributed by atoms with Gasteiger partial charge in [0.1, 0.15) is 6.10 Å². The van der Waals surface area contributed by atoms with Gasteiger partial charge in [0, 0.05) is 57.1 Å². The van der Waals surface area contributed by atoms with Crippen molar-refractivity contribution < 1.29 is 4.74 Å². The molecule has 0 spiro atoms. The number of aryl methyl sites for hydroxylation is 1. The predicted molar refractivity (Wildman–Crippen MR) is 128 cm³/mol. The zero-order valence-corrected chi connectivity index (χ0v) is 19.1. The van der Waals surface area contributed by atoms with E-state index in [9.17, 15) is 0 Å². The van der Waals surface area contributed by atoms with Crippen LogP contribution in [-0.2, 0) is 6.42 Å². The summed E-state index contributed by atoms with van der Waals surface area (Å²) in [6, 6.07) is 6.64. The Bertz CT molecular complexity index is 991. The average molecular weight is 438 g/mol. The van der Waals surface area contributed by atoms with E-state index in [1.807, 2.05) is 12.4 Å². The standard InChI is InChI=1S/C24H31N5OS/c1-2-6-18-16-25-23(26-17-18)29-13-9-20(10-14-29)30-24-27-21-8-7-19(15-22(21)31-24)28-11-4-3-5-12-28/h7-8,15-17,20H,2-6,9-14H2,1H3. The third-order valence-corrected chi connectivity index (χ3v) is 7.21. The third-order valence-electron chi connectivity index (χ3n) is 6.30. The summed E-state index contributed by atoms with van der Waals surface area (Å²) >= 11 is 1.67. The number of rotatable bonds is 6. The van der Waals surface area contributed by atoms with Crippen molar-refractivity contribution in [2.45, 2.75) is 58.0 Å². The minimum Gasteiger partial charge on any atom is -0.467 e. The molecule has 0 saturated carbocycles. The van der Waals surface area contributed by atoms with Gasteiger partial charge in [-0.25, -0.2) is 15.0 Å². The highest BCUT2D eigenvalue weighted by molar-refractivity contribution is 7.20. The van der Waals surface area contributed by atoms with E-state index >= 15 is 0 Å². The van der Waals surface area contributed by atoms with Gasteiger partial charge in [0.2, 0.25) is 5.95 Å². The van der Waals surface area contributed by atoms with Crippen LogP contribution in [0.3, 0.4) is 0 Å². The lowest BCUT2D eigenvalue weighted by Gasteiger charge is -2.31. The van der Waals surface area contributed by atoms with Crippen molar-refractivity contribution in [3.05, 3.63) is 36.2 Å². The Kier molecular flexibility index (Phi) is 6.20. The van der Waals surface area contributed by atoms with Gasteiger partial charge >= 0.3 is 0 Å². The lowest BCUT2D eigenvalue weighted by Crippen LogP contribution is -2.39. The number of piperidine rings is 2. The minimum absolute atomic E-state index is 0.206. The molecule has 2 fully saturated rings. The number of fused-ring (bicyclic) bond motifs is 1. The molecular weight excluding hydrogens is 406 g/mol. The molecule has 0 N–H and O–H groups in total. The molecule has 0 unspecified atom stereocenters. The lowest BCUT2D eigenvalue weighted by atomic mass is 10.1. The monoisotopic (exact) mass is 437 g/mol. The lowest BCUT2D eigenvalue weighted by molar-refractivity contribution is 0.170. The Hall–Kier alpha value is -2.41. The van der Waals surface area contributed by atoms with Crippen molar-refractivity contribution in [3.63, 3.8) is 0 Å². The SMILES string of the molecule is CCCc1cnc(N2CCC(Oc3nc4ccc(N5CCCCC5)cc4s3)CC2)nc1. The molecule has 2 aliphatic heterocycles. The smallest absolute Gasteiger partial charge is 0.274 e. The van der Waals surface area contributed by atoms with Crippen LogP contribution in [0.1, 0.15) is 51.0 Å². The summed E-state index contributed by atoms with van der Waals surface area (Å²) in [4.78, 5) is 18.6. The first-order valence-electron chi connectivity index (χ1n) is 11.7. The summed E-state index contributed by atoms with van der Waals surface area (Å²) in [5.74, 6) is 0.837. The Morgan fingerprint density at radius 1 is 1.00 bits per heavy atom. The molecule has 0 amide bonds. The first-order valence-corrected chi connectivity index (χ1v) is 12.5. The van der Waals surface area contributed by atoms with Gasteiger partial charge in [0.15, 0.2) is 0 Å². The van der Waals surface area contributed by atoms with Crippen LogP contribution in [0.5, 0.6) is 5.19 Å². The van der Waals surface area contributed by atoms with Gasteiger partial charge in [-0.15, -0.1) is 0 Å². The third kappa shape index (κ3) is 4.76. The fraction of sp³-hybridized carbons (Fsp3) is 0.542. The second-order valence-corrected chi connectivity index (χ2v) is 9.62. The van der Waals surface area contributed by atoms with Crippen molar-refractivity contribution >= 4 is 33.2 Å². The van der Waals surface area contributed by atoms with Gasteiger partial charge in [-0.1, -0.05) is 24.7 Å². The van der Waals surface area contributed by atoms with Crippen LogP contribution in [0.25, 0.3) is 10.2 Å². The van der Waals surface area contributed by atoms with Crippen LogP contribution in [-0.4, -0.2) is 47.2 Å². The predicted octanol–water partition coefficient (Wildman–Crippen LogP) is 5.08. The zero-order chi connectivity index (χ0) is 21.0. The van der Waals surface area contributed by atoms with Crippen LogP contribution in [0, 0.1) is 0 Å². The van der Waals surface area contributed by atoms with Crippen LogP contribution >= 0.6 is 11.3 Å². The highest BCUT2D eigenvalue weighted by atomic mass is 32.1. The number of thiazole rings is 1. The Balaban J connectivity index is 1.19. The van der Waals surface area contributed by atoms with Crippen molar-refractivity contribution in [1.82, 2.24) is 15.0 Å². The van der Waals surface area contributed by atoms with Crippen LogP contribution < -0.4 is 14.5 Å². The molecule has 2 aromatic heterocycles. The van der Waals surface area contributed by atoms with Crippen molar-refractivity contribution in [1.29, 1.82) is 0 Å². The quantitative estimate of drug-likeness (QED) is 0.536. The maximum Gasteiger partial charge on any atom is 0.274 e. The first kappa shape index (κ1) is 20.5. The summed E-state index contributed by atoms with van der Waals surface area (Å²) in [6.07, 6.45) is 12.2. The Morgan fingerprint density at radius 2 is 1.77 bits per heavy atom. The molecule has 0 aliphatic carbocycles. The molecule has 3 aromatic rings. The minimum atomic E-state index is 0.206. The molecular formula is C24H31N5OS. The van der Waals surface area contributed by atoms with E-state index in [2.05, 4.69) is 44.9 Å². The summed E-state index contributed by atoms with van der Waals surface area (Å²) in [5, 5.41) is 0.796. The van der Waals surface area contributed by atoms with Gasteiger partial charge in [-0.05, 0) is 49.4 Å². The van der Waals surface area contributed by atoms with E-state index in [0.717, 1.165) is 68.5 Å². The molecule has 164 valence electrons. The normalized spacial score (nSPS) is 18.0. The molecule has 0 radical (unpaired) electrons. The Morgan fingerprint density at radius 3 is 2.52 bits per heavy atom. The second-order valence-electron chi connectivity index (χ2n) is 8.63. The number of benzene rings is 1. The fourth-order valence-corrected chi connectivity index (χ4v) is 5.45. The number of ether oxygens (including phenoxy) is 1. The maximum absolute atomic E-state index is 6.29. The summed E-state index contributed by atoms with van der Waals surface area (Å²) < 4.78 is 7.51. The maximum atomic E-state index is 6.29. The summed E-state index contributed by atoms with van der Waals surface area (Å²) in [5.41, 5.74) is 3.57. The molecule has 2 saturated heterocycles. The molecule has 0 bridgehead atoms. The van der Waals surface area contributed by atoms with E-state index in [1.54, 1.807) is 11.3 Å². The molecule has 0 atom stereocenters. The van der Waals surface area contributed by atoms with Gasteiger partial charge in [-0.3, -0.25) is 0 Å². The zero-order valence-electron chi connectivity index (χ0n) is 18.3. The van der Waals surface area contributed by atoms with Gasteiger partial charge < -0.3 is 14.5 Å². The second kappa shape index (κ2) is 9.39. The van der Waals surface area contributed by atoms with Gasteiger partial charge in [0.25, 0.3) is 5.19 Å². The molecule has 7 heteroatoms. The van der Waals surface area contributed by atoms with Crippen LogP contribution in [0.2, 0.25) is 0 Å². The Labute approximate surface area is 188 Å². The number of hydrogen-bond donors (Lipinski definition) is 0. The van der Waals surface area contributed by atoms with Crippen molar-refractivity contribution in [2.24, 2.45) is 0 Å².